The van der Waals surface area contributed by atoms with Gasteiger partial charge in [-0.1, -0.05) is 12.1 Å². The Morgan fingerprint density at radius 3 is 2.50 bits per heavy atom. The minimum Gasteiger partial charge on any atom is -0.508 e. The van der Waals surface area contributed by atoms with Crippen LogP contribution in [0, 0.1) is 0 Å². The topological polar surface area (TPSA) is 76.1 Å². The van der Waals surface area contributed by atoms with Crippen molar-refractivity contribution < 1.29 is 24.2 Å². The lowest BCUT2D eigenvalue weighted by Crippen LogP contribution is -2.37. The first kappa shape index (κ1) is 14.2. The number of carbonyl (C=O) groups excluding carboxylic acids is 2. The highest BCUT2D eigenvalue weighted by atomic mass is 16.6. The highest BCUT2D eigenvalue weighted by Crippen LogP contribution is 2.30. The van der Waals surface area contributed by atoms with Crippen molar-refractivity contribution in [3.63, 3.8) is 0 Å². The van der Waals surface area contributed by atoms with E-state index in [9.17, 15) is 14.7 Å². The van der Waals surface area contributed by atoms with Gasteiger partial charge in [0.25, 0.3) is 0 Å². The van der Waals surface area contributed by atoms with E-state index in [-0.39, 0.29) is 12.5 Å². The van der Waals surface area contributed by atoms with Gasteiger partial charge in [0.2, 0.25) is 0 Å². The van der Waals surface area contributed by atoms with Crippen LogP contribution < -0.4 is 0 Å². The highest BCUT2D eigenvalue weighted by molar-refractivity contribution is 5.85. The lowest BCUT2D eigenvalue weighted by Gasteiger charge is -2.26. The Hall–Kier alpha value is -2.24. The van der Waals surface area contributed by atoms with E-state index in [1.807, 2.05) is 0 Å². The van der Waals surface area contributed by atoms with Gasteiger partial charge in [-0.2, -0.15) is 0 Å². The molecule has 0 spiro atoms. The summed E-state index contributed by atoms with van der Waals surface area (Å²) in [6.45, 7) is 5.11. The van der Waals surface area contributed by atoms with Gasteiger partial charge in [-0.25, -0.2) is 9.59 Å². The molecular formula is C14H17NO5. The fraction of sp³-hybridized carbons (Fsp3) is 0.429. The second kappa shape index (κ2) is 5.03. The molecule has 20 heavy (non-hydrogen) atoms. The van der Waals surface area contributed by atoms with Crippen molar-refractivity contribution in [2.75, 3.05) is 6.73 Å². The number of amides is 1. The van der Waals surface area contributed by atoms with Crippen molar-refractivity contribution in [3.8, 4) is 5.75 Å². The summed E-state index contributed by atoms with van der Waals surface area (Å²) in [5.74, 6) is -0.425. The van der Waals surface area contributed by atoms with Gasteiger partial charge in [0, 0.05) is 0 Å². The van der Waals surface area contributed by atoms with Gasteiger partial charge in [-0.3, -0.25) is 4.90 Å². The average molecular weight is 279 g/mol. The number of phenols is 1. The van der Waals surface area contributed by atoms with E-state index >= 15 is 0 Å². The molecular weight excluding hydrogens is 262 g/mol. The van der Waals surface area contributed by atoms with Crippen molar-refractivity contribution in [3.05, 3.63) is 29.8 Å². The molecule has 108 valence electrons. The van der Waals surface area contributed by atoms with Crippen LogP contribution in [0.4, 0.5) is 4.79 Å². The quantitative estimate of drug-likeness (QED) is 0.797. The predicted octanol–water partition coefficient (Wildman–Crippen LogP) is 2.18. The molecule has 1 aromatic carbocycles. The number of hydrogen-bond acceptors (Lipinski definition) is 5. The van der Waals surface area contributed by atoms with Crippen molar-refractivity contribution in [1.82, 2.24) is 4.90 Å². The van der Waals surface area contributed by atoms with Crippen LogP contribution in [0.15, 0.2) is 24.3 Å². The zero-order chi connectivity index (χ0) is 14.9. The molecule has 1 fully saturated rings. The van der Waals surface area contributed by atoms with Gasteiger partial charge < -0.3 is 14.6 Å². The molecule has 0 saturated carbocycles. The molecule has 1 heterocycles. The van der Waals surface area contributed by atoms with Crippen molar-refractivity contribution in [2.24, 2.45) is 0 Å². The number of carbonyl (C=O) groups is 2. The van der Waals surface area contributed by atoms with Gasteiger partial charge in [0.05, 0.1) is 0 Å². The summed E-state index contributed by atoms with van der Waals surface area (Å²) >= 11 is 0. The Kier molecular flexibility index (Phi) is 3.57. The Morgan fingerprint density at radius 2 is 1.95 bits per heavy atom. The Bertz CT molecular complexity index is 517. The molecule has 1 atom stereocenters. The second-order valence-electron chi connectivity index (χ2n) is 5.54. The van der Waals surface area contributed by atoms with Crippen molar-refractivity contribution in [1.29, 1.82) is 0 Å². The summed E-state index contributed by atoms with van der Waals surface area (Å²) in [4.78, 5) is 25.1. The van der Waals surface area contributed by atoms with Crippen LogP contribution in [0.3, 0.4) is 0 Å². The molecule has 2 rings (SSSR count). The second-order valence-corrected chi connectivity index (χ2v) is 5.54. The van der Waals surface area contributed by atoms with Crippen molar-refractivity contribution in [2.45, 2.75) is 32.4 Å². The number of hydrogen-bond donors (Lipinski definition) is 1. The van der Waals surface area contributed by atoms with Crippen LogP contribution in [-0.4, -0.2) is 34.4 Å². The van der Waals surface area contributed by atoms with Gasteiger partial charge >= 0.3 is 12.1 Å². The summed E-state index contributed by atoms with van der Waals surface area (Å²) in [7, 11) is 0. The molecule has 1 aromatic rings. The first-order valence-electron chi connectivity index (χ1n) is 6.23. The monoisotopic (exact) mass is 279 g/mol. The lowest BCUT2D eigenvalue weighted by molar-refractivity contribution is -0.139. The third-order valence-electron chi connectivity index (χ3n) is 2.72. The Morgan fingerprint density at radius 1 is 1.35 bits per heavy atom. The molecule has 0 aromatic heterocycles. The molecule has 1 aliphatic rings. The lowest BCUT2D eigenvalue weighted by atomic mass is 10.1. The van der Waals surface area contributed by atoms with E-state index in [1.165, 1.54) is 17.0 Å². The summed E-state index contributed by atoms with van der Waals surface area (Å²) < 4.78 is 10.2. The van der Waals surface area contributed by atoms with Gasteiger partial charge in [0.15, 0.2) is 12.8 Å². The molecule has 6 heteroatoms. The van der Waals surface area contributed by atoms with E-state index in [4.69, 9.17) is 9.47 Å². The Labute approximate surface area is 116 Å². The maximum atomic E-state index is 12.1. The Balaban J connectivity index is 2.23. The number of nitrogens with zero attached hydrogens (tertiary/aromatic N) is 1. The zero-order valence-electron chi connectivity index (χ0n) is 11.6. The number of phenolic OH excluding ortho intramolecular Hbond substituents is 1. The minimum atomic E-state index is -0.842. The van der Waals surface area contributed by atoms with Crippen LogP contribution >= 0.6 is 0 Å². The van der Waals surface area contributed by atoms with Gasteiger partial charge in [0.1, 0.15) is 11.4 Å². The minimum absolute atomic E-state index is 0.0870. The fourth-order valence-corrected chi connectivity index (χ4v) is 1.87. The average Bonchev–Trinajstić information content (AvgIpc) is 2.70. The van der Waals surface area contributed by atoms with E-state index in [0.29, 0.717) is 5.56 Å². The van der Waals surface area contributed by atoms with E-state index < -0.39 is 23.7 Å². The predicted molar refractivity (Wildman–Crippen MR) is 69.9 cm³/mol. The molecule has 0 unspecified atom stereocenters. The molecule has 1 N–H and O–H groups in total. The fourth-order valence-electron chi connectivity index (χ4n) is 1.87. The SMILES string of the molecule is CC(C)(C)OC(=O)N1COC(=O)[C@@H]1c1ccc(O)cc1. The summed E-state index contributed by atoms with van der Waals surface area (Å²) in [6.07, 6.45) is -0.610. The third kappa shape index (κ3) is 3.01. The van der Waals surface area contributed by atoms with E-state index in [2.05, 4.69) is 0 Å². The molecule has 0 bridgehead atoms. The first-order valence-corrected chi connectivity index (χ1v) is 6.23. The highest BCUT2D eigenvalue weighted by Gasteiger charge is 2.41. The standard InChI is InChI=1S/C14H17NO5/c1-14(2,3)20-13(18)15-8-19-12(17)11(15)9-4-6-10(16)7-5-9/h4-7,11,16H,8H2,1-3H3/t11-/m0/s1. The third-order valence-corrected chi connectivity index (χ3v) is 2.72. The molecule has 0 radical (unpaired) electrons. The summed E-state index contributed by atoms with van der Waals surface area (Å²) in [5.41, 5.74) is -0.0847. The molecule has 1 amide bonds. The van der Waals surface area contributed by atoms with Crippen LogP contribution in [0.25, 0.3) is 0 Å². The molecule has 1 aliphatic heterocycles. The molecule has 6 nitrogen and oxygen atoms in total. The van der Waals surface area contributed by atoms with Gasteiger partial charge in [-0.15, -0.1) is 0 Å². The largest absolute Gasteiger partial charge is 0.508 e. The van der Waals surface area contributed by atoms with Crippen molar-refractivity contribution >= 4 is 12.1 Å². The van der Waals surface area contributed by atoms with Crippen LogP contribution in [-0.2, 0) is 14.3 Å². The normalized spacial score (nSPS) is 18.9. The molecule has 0 aliphatic carbocycles. The van der Waals surface area contributed by atoms with Crippen LogP contribution in [0.1, 0.15) is 32.4 Å². The number of rotatable bonds is 1. The maximum Gasteiger partial charge on any atom is 0.414 e. The maximum absolute atomic E-state index is 12.1. The summed E-state index contributed by atoms with van der Waals surface area (Å²) in [5, 5.41) is 9.27. The van der Waals surface area contributed by atoms with E-state index in [1.54, 1.807) is 32.9 Å². The number of benzene rings is 1. The van der Waals surface area contributed by atoms with Crippen LogP contribution in [0.2, 0.25) is 0 Å². The number of cyclic esters (lactones) is 1. The number of ether oxygens (including phenoxy) is 2. The number of esters is 1. The number of aromatic hydroxyl groups is 1. The van der Waals surface area contributed by atoms with E-state index in [0.717, 1.165) is 0 Å². The summed E-state index contributed by atoms with van der Waals surface area (Å²) in [6, 6.07) is 5.21. The molecule has 1 saturated heterocycles. The zero-order valence-corrected chi connectivity index (χ0v) is 11.6. The van der Waals surface area contributed by atoms with Crippen LogP contribution in [0.5, 0.6) is 5.75 Å². The first-order chi connectivity index (χ1) is 9.28. The van der Waals surface area contributed by atoms with Gasteiger partial charge in [-0.05, 0) is 38.5 Å². The smallest absolute Gasteiger partial charge is 0.414 e.